The maximum atomic E-state index is 14.2. The summed E-state index contributed by atoms with van der Waals surface area (Å²) in [6.07, 6.45) is 1.48. The van der Waals surface area contributed by atoms with Gasteiger partial charge in [-0.15, -0.1) is 10.2 Å². The van der Waals surface area contributed by atoms with Gasteiger partial charge < -0.3 is 14.2 Å². The van der Waals surface area contributed by atoms with Gasteiger partial charge in [0.2, 0.25) is 5.89 Å². The Bertz CT molecular complexity index is 1160. The lowest BCUT2D eigenvalue weighted by molar-refractivity contribution is 0.102. The zero-order valence-electron chi connectivity index (χ0n) is 13.9. The van der Waals surface area contributed by atoms with E-state index in [-0.39, 0.29) is 28.1 Å². The van der Waals surface area contributed by atoms with Crippen molar-refractivity contribution >= 4 is 34.8 Å². The molecule has 1 amide bonds. The molecule has 0 aliphatic rings. The van der Waals surface area contributed by atoms with Gasteiger partial charge in [-0.2, -0.15) is 0 Å². The summed E-state index contributed by atoms with van der Waals surface area (Å²) in [5, 5.41) is 10.8. The van der Waals surface area contributed by atoms with Crippen molar-refractivity contribution in [3.05, 3.63) is 76.2 Å². The first-order valence-corrected chi connectivity index (χ1v) is 8.70. The Morgan fingerprint density at radius 2 is 1.86 bits per heavy atom. The first kappa shape index (κ1) is 18.2. The molecule has 0 bridgehead atoms. The van der Waals surface area contributed by atoms with Gasteiger partial charge in [-0.1, -0.05) is 23.2 Å². The average molecular weight is 418 g/mol. The second kappa shape index (κ2) is 7.46. The van der Waals surface area contributed by atoms with Crippen molar-refractivity contribution in [3.8, 4) is 23.1 Å². The molecule has 0 aliphatic heterocycles. The quantitative estimate of drug-likeness (QED) is 0.460. The van der Waals surface area contributed by atoms with Crippen LogP contribution < -0.4 is 5.32 Å². The Morgan fingerprint density at radius 3 is 2.64 bits per heavy atom. The van der Waals surface area contributed by atoms with Crippen LogP contribution in [0.3, 0.4) is 0 Å². The molecule has 0 fully saturated rings. The van der Waals surface area contributed by atoms with E-state index in [9.17, 15) is 9.18 Å². The predicted molar refractivity (Wildman–Crippen MR) is 102 cm³/mol. The van der Waals surface area contributed by atoms with Crippen molar-refractivity contribution in [2.75, 3.05) is 5.32 Å². The fraction of sp³-hybridized carbons (Fsp3) is 0. The SMILES string of the molecule is O=C(Nc1cc(-c2nnc(-c3ccco3)o2)ccc1F)c1cc(Cl)ccc1Cl. The average Bonchev–Trinajstić information content (AvgIpc) is 3.36. The molecule has 1 N–H and O–H groups in total. The van der Waals surface area contributed by atoms with Gasteiger partial charge in [0, 0.05) is 10.6 Å². The van der Waals surface area contributed by atoms with E-state index < -0.39 is 11.7 Å². The number of carbonyl (C=O) groups is 1. The number of halogens is 3. The number of nitrogens with zero attached hydrogens (tertiary/aromatic N) is 2. The van der Waals surface area contributed by atoms with Crippen LogP contribution in [0, 0.1) is 5.82 Å². The summed E-state index contributed by atoms with van der Waals surface area (Å²) < 4.78 is 25.0. The van der Waals surface area contributed by atoms with E-state index in [0.29, 0.717) is 16.3 Å². The van der Waals surface area contributed by atoms with Crippen LogP contribution in [-0.2, 0) is 0 Å². The lowest BCUT2D eigenvalue weighted by atomic mass is 10.1. The van der Waals surface area contributed by atoms with Gasteiger partial charge in [0.15, 0.2) is 5.76 Å². The maximum absolute atomic E-state index is 14.2. The second-order valence-corrected chi connectivity index (χ2v) is 6.51. The second-order valence-electron chi connectivity index (χ2n) is 5.66. The molecule has 0 saturated carbocycles. The molecule has 2 aromatic heterocycles. The Kier molecular flexibility index (Phi) is 4.85. The van der Waals surface area contributed by atoms with E-state index in [4.69, 9.17) is 32.0 Å². The van der Waals surface area contributed by atoms with Crippen LogP contribution in [0.2, 0.25) is 10.0 Å². The Hall–Kier alpha value is -3.16. The van der Waals surface area contributed by atoms with Crippen LogP contribution in [0.4, 0.5) is 10.1 Å². The van der Waals surface area contributed by atoms with Crippen molar-refractivity contribution in [1.29, 1.82) is 0 Å². The van der Waals surface area contributed by atoms with Gasteiger partial charge in [-0.05, 0) is 48.5 Å². The Balaban J connectivity index is 1.62. The van der Waals surface area contributed by atoms with E-state index in [1.165, 1.54) is 36.6 Å². The minimum atomic E-state index is -0.638. The summed E-state index contributed by atoms with van der Waals surface area (Å²) in [7, 11) is 0. The highest BCUT2D eigenvalue weighted by atomic mass is 35.5. The molecule has 28 heavy (non-hydrogen) atoms. The molecule has 0 radical (unpaired) electrons. The van der Waals surface area contributed by atoms with Gasteiger partial charge >= 0.3 is 0 Å². The van der Waals surface area contributed by atoms with E-state index in [0.717, 1.165) is 0 Å². The van der Waals surface area contributed by atoms with Crippen LogP contribution in [0.1, 0.15) is 10.4 Å². The number of aromatic nitrogens is 2. The van der Waals surface area contributed by atoms with E-state index in [1.807, 2.05) is 0 Å². The normalized spacial score (nSPS) is 10.8. The highest BCUT2D eigenvalue weighted by Gasteiger charge is 2.17. The van der Waals surface area contributed by atoms with Gasteiger partial charge in [0.25, 0.3) is 11.8 Å². The third-order valence-electron chi connectivity index (χ3n) is 3.79. The summed E-state index contributed by atoms with van der Waals surface area (Å²) >= 11 is 11.9. The van der Waals surface area contributed by atoms with Crippen LogP contribution in [0.5, 0.6) is 0 Å². The molecule has 0 atom stereocenters. The predicted octanol–water partition coefficient (Wildman–Crippen LogP) is 5.69. The Labute approximate surface area is 167 Å². The first-order valence-electron chi connectivity index (χ1n) is 7.95. The molecule has 0 unspecified atom stereocenters. The molecule has 6 nitrogen and oxygen atoms in total. The zero-order chi connectivity index (χ0) is 19.7. The van der Waals surface area contributed by atoms with Crippen LogP contribution in [0.15, 0.2) is 63.6 Å². The topological polar surface area (TPSA) is 81.2 Å². The summed E-state index contributed by atoms with van der Waals surface area (Å²) in [4.78, 5) is 12.5. The standard InChI is InChI=1S/C19H10Cl2FN3O3/c20-11-4-5-13(21)12(9-11)17(26)23-15-8-10(3-6-14(15)22)18-24-25-19(28-18)16-2-1-7-27-16/h1-9H,(H,23,26). The van der Waals surface area contributed by atoms with Crippen molar-refractivity contribution in [2.45, 2.75) is 0 Å². The number of anilines is 1. The number of amides is 1. The lowest BCUT2D eigenvalue weighted by Crippen LogP contribution is -2.13. The number of rotatable bonds is 4. The molecule has 0 aliphatic carbocycles. The highest BCUT2D eigenvalue weighted by molar-refractivity contribution is 6.36. The highest BCUT2D eigenvalue weighted by Crippen LogP contribution is 2.28. The van der Waals surface area contributed by atoms with Crippen molar-refractivity contribution in [3.63, 3.8) is 0 Å². The minimum absolute atomic E-state index is 0.0729. The van der Waals surface area contributed by atoms with Crippen LogP contribution in [0.25, 0.3) is 23.1 Å². The summed E-state index contributed by atoms with van der Waals surface area (Å²) in [6.45, 7) is 0. The molecule has 2 aromatic carbocycles. The minimum Gasteiger partial charge on any atom is -0.459 e. The fourth-order valence-electron chi connectivity index (χ4n) is 2.45. The number of hydrogen-bond donors (Lipinski definition) is 1. The largest absolute Gasteiger partial charge is 0.459 e. The molecule has 2 heterocycles. The van der Waals surface area contributed by atoms with Gasteiger partial charge in [-0.25, -0.2) is 4.39 Å². The molecule has 4 rings (SSSR count). The van der Waals surface area contributed by atoms with E-state index in [1.54, 1.807) is 18.2 Å². The van der Waals surface area contributed by atoms with Crippen molar-refractivity contribution < 1.29 is 18.0 Å². The molecule has 0 spiro atoms. The fourth-order valence-corrected chi connectivity index (χ4v) is 2.83. The lowest BCUT2D eigenvalue weighted by Gasteiger charge is -2.09. The summed E-state index contributed by atoms with van der Waals surface area (Å²) in [5.41, 5.74) is 0.465. The van der Waals surface area contributed by atoms with Gasteiger partial charge in [0.1, 0.15) is 5.82 Å². The zero-order valence-corrected chi connectivity index (χ0v) is 15.5. The number of carbonyl (C=O) groups excluding carboxylic acids is 1. The van der Waals surface area contributed by atoms with Crippen molar-refractivity contribution in [1.82, 2.24) is 10.2 Å². The van der Waals surface area contributed by atoms with Gasteiger partial charge in [-0.3, -0.25) is 4.79 Å². The number of benzene rings is 2. The first-order chi connectivity index (χ1) is 13.5. The number of nitrogens with one attached hydrogen (secondary N) is 1. The smallest absolute Gasteiger partial charge is 0.283 e. The summed E-state index contributed by atoms with van der Waals surface area (Å²) in [5.74, 6) is -0.514. The molecule has 9 heteroatoms. The summed E-state index contributed by atoms with van der Waals surface area (Å²) in [6, 6.07) is 11.8. The monoisotopic (exact) mass is 417 g/mol. The Morgan fingerprint density at radius 1 is 1.04 bits per heavy atom. The molecule has 4 aromatic rings. The van der Waals surface area contributed by atoms with E-state index in [2.05, 4.69) is 15.5 Å². The number of hydrogen-bond acceptors (Lipinski definition) is 5. The maximum Gasteiger partial charge on any atom is 0.283 e. The van der Waals surface area contributed by atoms with Crippen LogP contribution in [-0.4, -0.2) is 16.1 Å². The van der Waals surface area contributed by atoms with Crippen LogP contribution >= 0.6 is 23.2 Å². The molecule has 0 saturated heterocycles. The molecule has 140 valence electrons. The molecular weight excluding hydrogens is 408 g/mol. The molecular formula is C19H10Cl2FN3O3. The third-order valence-corrected chi connectivity index (χ3v) is 4.36. The number of furan rings is 1. The van der Waals surface area contributed by atoms with Gasteiger partial charge in [0.05, 0.1) is 22.5 Å². The van der Waals surface area contributed by atoms with E-state index >= 15 is 0 Å². The third kappa shape index (κ3) is 3.62. The van der Waals surface area contributed by atoms with Crippen molar-refractivity contribution in [2.24, 2.45) is 0 Å².